The van der Waals surface area contributed by atoms with Crippen molar-refractivity contribution >= 4 is 27.9 Å². The molecule has 4 atom stereocenters. The smallest absolute Gasteiger partial charge is 0.351 e. The molecule has 2 aromatic rings. The fourth-order valence-corrected chi connectivity index (χ4v) is 3.17. The Morgan fingerprint density at radius 2 is 2.11 bits per heavy atom. The van der Waals surface area contributed by atoms with E-state index >= 15 is 0 Å². The number of alkyl halides is 1. The minimum Gasteiger partial charge on any atom is -0.463 e. The molecule has 150 valence electrons. The van der Waals surface area contributed by atoms with Gasteiger partial charge in [0, 0.05) is 20.0 Å². The molecule has 0 aromatic carbocycles. The standard InChI is InChI=1S/C15H15BrFN5O6/c1-7(23)26-4-10-12(27-8(2)24)11(17)14(28-10)21-3-9(16)13(20-15(21)25)22-6-18-5-19-22/h3,5-6,10-12,14H,4H2,1-2H3/t10-,11+,12?,14-/m1/s1. The number of rotatable bonds is 5. The zero-order valence-electron chi connectivity index (χ0n) is 14.7. The van der Waals surface area contributed by atoms with Gasteiger partial charge >= 0.3 is 17.6 Å². The quantitative estimate of drug-likeness (QED) is 0.580. The van der Waals surface area contributed by atoms with Gasteiger partial charge in [0.15, 0.2) is 24.3 Å². The lowest BCUT2D eigenvalue weighted by Gasteiger charge is -2.18. The number of ether oxygens (including phenoxy) is 3. The summed E-state index contributed by atoms with van der Waals surface area (Å²) < 4.78 is 32.8. The van der Waals surface area contributed by atoms with Gasteiger partial charge in [0.1, 0.15) is 25.4 Å². The molecule has 2 aromatic heterocycles. The number of halogens is 2. The number of esters is 2. The van der Waals surface area contributed by atoms with Gasteiger partial charge in [-0.2, -0.15) is 10.1 Å². The molecule has 1 unspecified atom stereocenters. The summed E-state index contributed by atoms with van der Waals surface area (Å²) in [6.07, 6.45) is -1.90. The van der Waals surface area contributed by atoms with Crippen LogP contribution in [0.5, 0.6) is 0 Å². The number of hydrogen-bond donors (Lipinski definition) is 0. The van der Waals surface area contributed by atoms with Gasteiger partial charge in [-0.25, -0.2) is 18.9 Å². The lowest BCUT2D eigenvalue weighted by molar-refractivity contribution is -0.156. The van der Waals surface area contributed by atoms with Crippen LogP contribution in [0.1, 0.15) is 20.1 Å². The molecule has 0 aliphatic carbocycles. The van der Waals surface area contributed by atoms with Crippen LogP contribution in [0.25, 0.3) is 5.82 Å². The summed E-state index contributed by atoms with van der Waals surface area (Å²) in [7, 11) is 0. The van der Waals surface area contributed by atoms with Crippen molar-refractivity contribution in [2.24, 2.45) is 0 Å². The minimum atomic E-state index is -1.90. The van der Waals surface area contributed by atoms with E-state index in [-0.39, 0.29) is 12.4 Å². The second kappa shape index (κ2) is 8.14. The predicted molar refractivity (Wildman–Crippen MR) is 92.1 cm³/mol. The zero-order valence-corrected chi connectivity index (χ0v) is 16.3. The lowest BCUT2D eigenvalue weighted by atomic mass is 10.1. The molecule has 1 aliphatic rings. The molecular formula is C15H15BrFN5O6. The Morgan fingerprint density at radius 1 is 1.36 bits per heavy atom. The van der Waals surface area contributed by atoms with Crippen LogP contribution in [0.2, 0.25) is 0 Å². The van der Waals surface area contributed by atoms with E-state index in [1.165, 1.54) is 30.5 Å². The summed E-state index contributed by atoms with van der Waals surface area (Å²) in [5.41, 5.74) is -0.823. The van der Waals surface area contributed by atoms with Gasteiger partial charge in [-0.1, -0.05) is 0 Å². The van der Waals surface area contributed by atoms with Crippen molar-refractivity contribution < 1.29 is 28.2 Å². The third-order valence-corrected chi connectivity index (χ3v) is 4.38. The molecule has 1 aliphatic heterocycles. The van der Waals surface area contributed by atoms with Gasteiger partial charge in [-0.15, -0.1) is 0 Å². The van der Waals surface area contributed by atoms with Gasteiger partial charge in [-0.05, 0) is 15.9 Å². The van der Waals surface area contributed by atoms with E-state index in [1.807, 2.05) is 0 Å². The second-order valence-electron chi connectivity index (χ2n) is 5.83. The first-order chi connectivity index (χ1) is 13.3. The third-order valence-electron chi connectivity index (χ3n) is 3.82. The molecule has 0 bridgehead atoms. The van der Waals surface area contributed by atoms with E-state index in [4.69, 9.17) is 14.2 Å². The van der Waals surface area contributed by atoms with Crippen molar-refractivity contribution in [1.82, 2.24) is 24.3 Å². The Morgan fingerprint density at radius 3 is 2.71 bits per heavy atom. The normalized spacial score (nSPS) is 24.1. The summed E-state index contributed by atoms with van der Waals surface area (Å²) in [5, 5.41) is 3.88. The molecule has 3 rings (SSSR count). The number of nitrogens with zero attached hydrogens (tertiary/aromatic N) is 5. The molecular weight excluding hydrogens is 445 g/mol. The number of carbonyl (C=O) groups is 2. The summed E-state index contributed by atoms with van der Waals surface area (Å²) in [4.78, 5) is 42.4. The monoisotopic (exact) mass is 459 g/mol. The largest absolute Gasteiger partial charge is 0.463 e. The summed E-state index contributed by atoms with van der Waals surface area (Å²) in [5.74, 6) is -1.19. The fourth-order valence-electron chi connectivity index (χ4n) is 2.68. The molecule has 3 heterocycles. The summed E-state index contributed by atoms with van der Waals surface area (Å²) in [6, 6.07) is 0. The maximum atomic E-state index is 15.0. The van der Waals surface area contributed by atoms with Crippen molar-refractivity contribution in [3.05, 3.63) is 33.8 Å². The molecule has 28 heavy (non-hydrogen) atoms. The second-order valence-corrected chi connectivity index (χ2v) is 6.68. The van der Waals surface area contributed by atoms with Crippen molar-refractivity contribution in [1.29, 1.82) is 0 Å². The molecule has 13 heteroatoms. The van der Waals surface area contributed by atoms with Gasteiger partial charge in [0.05, 0.1) is 4.47 Å². The summed E-state index contributed by atoms with van der Waals surface area (Å²) in [6.45, 7) is 1.94. The van der Waals surface area contributed by atoms with E-state index in [1.54, 1.807) is 0 Å². The topological polar surface area (TPSA) is 127 Å². The third kappa shape index (κ3) is 4.09. The highest BCUT2D eigenvalue weighted by Crippen LogP contribution is 2.34. The summed E-state index contributed by atoms with van der Waals surface area (Å²) >= 11 is 3.25. The molecule has 11 nitrogen and oxygen atoms in total. The molecule has 0 N–H and O–H groups in total. The van der Waals surface area contributed by atoms with Crippen LogP contribution < -0.4 is 5.69 Å². The first-order valence-corrected chi connectivity index (χ1v) is 8.81. The van der Waals surface area contributed by atoms with Crippen molar-refractivity contribution in [3.63, 3.8) is 0 Å². The molecule has 0 saturated carbocycles. The molecule has 1 fully saturated rings. The maximum absolute atomic E-state index is 15.0. The highest BCUT2D eigenvalue weighted by atomic mass is 79.9. The minimum absolute atomic E-state index is 0.153. The van der Waals surface area contributed by atoms with Gasteiger partial charge < -0.3 is 14.2 Å². The lowest BCUT2D eigenvalue weighted by Crippen LogP contribution is -2.37. The number of aromatic nitrogens is 5. The maximum Gasteiger partial charge on any atom is 0.351 e. The van der Waals surface area contributed by atoms with E-state index < -0.39 is 42.2 Å². The average molecular weight is 460 g/mol. The first-order valence-electron chi connectivity index (χ1n) is 8.01. The Balaban J connectivity index is 1.92. The first kappa shape index (κ1) is 20.1. The highest BCUT2D eigenvalue weighted by Gasteiger charge is 2.49. The Hall–Kier alpha value is -2.67. The Bertz CT molecular complexity index is 935. The highest BCUT2D eigenvalue weighted by molar-refractivity contribution is 9.10. The van der Waals surface area contributed by atoms with Gasteiger partial charge in [0.2, 0.25) is 0 Å². The van der Waals surface area contributed by atoms with Crippen LogP contribution in [0.3, 0.4) is 0 Å². The Kier molecular flexibility index (Phi) is 5.84. The Labute approximate surface area is 165 Å². The predicted octanol–water partition coefficient (Wildman–Crippen LogP) is 0.317. The van der Waals surface area contributed by atoms with Crippen molar-refractivity contribution in [2.75, 3.05) is 6.61 Å². The number of hydrogen-bond acceptors (Lipinski definition) is 9. The molecule has 0 radical (unpaired) electrons. The number of carbonyl (C=O) groups excluding carboxylic acids is 2. The van der Waals surface area contributed by atoms with E-state index in [2.05, 4.69) is 31.0 Å². The van der Waals surface area contributed by atoms with E-state index in [0.29, 0.717) is 4.47 Å². The molecule has 0 amide bonds. The van der Waals surface area contributed by atoms with Gasteiger partial charge in [-0.3, -0.25) is 14.2 Å². The zero-order chi connectivity index (χ0) is 20.4. The average Bonchev–Trinajstić information content (AvgIpc) is 3.24. The van der Waals surface area contributed by atoms with Crippen LogP contribution >= 0.6 is 15.9 Å². The van der Waals surface area contributed by atoms with Crippen LogP contribution in [0, 0.1) is 0 Å². The van der Waals surface area contributed by atoms with E-state index in [0.717, 1.165) is 11.5 Å². The van der Waals surface area contributed by atoms with Crippen LogP contribution in [-0.2, 0) is 23.8 Å². The van der Waals surface area contributed by atoms with E-state index in [9.17, 15) is 18.8 Å². The SMILES string of the molecule is CC(=O)OC[C@H]1O[C@@H](n2cc(Br)c(-n3cncn3)nc2=O)[C@@H](F)C1OC(C)=O. The molecule has 1 saturated heterocycles. The van der Waals surface area contributed by atoms with Crippen LogP contribution in [-0.4, -0.2) is 61.2 Å². The van der Waals surface area contributed by atoms with Crippen molar-refractivity contribution in [3.8, 4) is 5.82 Å². The molecule has 0 spiro atoms. The van der Waals surface area contributed by atoms with Crippen LogP contribution in [0.4, 0.5) is 4.39 Å². The van der Waals surface area contributed by atoms with Crippen molar-refractivity contribution in [2.45, 2.75) is 38.5 Å². The van der Waals surface area contributed by atoms with Gasteiger partial charge in [0.25, 0.3) is 0 Å². The van der Waals surface area contributed by atoms with Crippen LogP contribution in [0.15, 0.2) is 28.1 Å². The fraction of sp³-hybridized carbons (Fsp3) is 0.467.